The summed E-state index contributed by atoms with van der Waals surface area (Å²) >= 11 is 9.44. The highest BCUT2D eigenvalue weighted by atomic mass is 79.9. The van der Waals surface area contributed by atoms with E-state index in [-0.39, 0.29) is 6.04 Å². The van der Waals surface area contributed by atoms with Crippen LogP contribution in [-0.2, 0) is 11.3 Å². The summed E-state index contributed by atoms with van der Waals surface area (Å²) in [6.45, 7) is 1.27. The molecule has 1 unspecified atom stereocenters. The van der Waals surface area contributed by atoms with Crippen LogP contribution in [0.25, 0.3) is 0 Å². The van der Waals surface area contributed by atoms with Crippen molar-refractivity contribution >= 4 is 27.5 Å². The molecule has 0 fully saturated rings. The van der Waals surface area contributed by atoms with Gasteiger partial charge in [0.25, 0.3) is 0 Å². The van der Waals surface area contributed by atoms with Crippen molar-refractivity contribution in [1.82, 2.24) is 15.2 Å². The summed E-state index contributed by atoms with van der Waals surface area (Å²) in [5.74, 6) is 5.71. The van der Waals surface area contributed by atoms with Gasteiger partial charge in [-0.25, -0.2) is 5.43 Å². The number of methoxy groups -OCH3 is 1. The molecule has 0 radical (unpaired) electrons. The summed E-state index contributed by atoms with van der Waals surface area (Å²) in [4.78, 5) is 0. The number of hydrazine groups is 1. The summed E-state index contributed by atoms with van der Waals surface area (Å²) < 4.78 is 7.79. The van der Waals surface area contributed by atoms with Crippen molar-refractivity contribution in [3.05, 3.63) is 51.2 Å². The van der Waals surface area contributed by atoms with Crippen molar-refractivity contribution in [3.63, 3.8) is 0 Å². The van der Waals surface area contributed by atoms with Gasteiger partial charge in [-0.05, 0) is 39.7 Å². The largest absolute Gasteiger partial charge is 0.383 e. The molecule has 108 valence electrons. The number of benzene rings is 1. The minimum absolute atomic E-state index is 0.164. The third-order valence-corrected chi connectivity index (χ3v) is 4.21. The average molecular weight is 360 g/mol. The zero-order valence-electron chi connectivity index (χ0n) is 11.0. The smallest absolute Gasteiger partial charge is 0.0878 e. The van der Waals surface area contributed by atoms with Gasteiger partial charge in [0.05, 0.1) is 29.9 Å². The van der Waals surface area contributed by atoms with Crippen LogP contribution in [0.5, 0.6) is 0 Å². The third-order valence-electron chi connectivity index (χ3n) is 3.00. The van der Waals surface area contributed by atoms with Crippen LogP contribution in [-0.4, -0.2) is 23.5 Å². The predicted molar refractivity (Wildman–Crippen MR) is 82.4 cm³/mol. The van der Waals surface area contributed by atoms with Gasteiger partial charge in [0.1, 0.15) is 0 Å². The highest BCUT2D eigenvalue weighted by Crippen LogP contribution is 2.28. The fourth-order valence-corrected chi connectivity index (χ4v) is 2.51. The van der Waals surface area contributed by atoms with E-state index < -0.39 is 0 Å². The van der Waals surface area contributed by atoms with Gasteiger partial charge in [-0.2, -0.15) is 5.10 Å². The van der Waals surface area contributed by atoms with Gasteiger partial charge in [-0.15, -0.1) is 0 Å². The van der Waals surface area contributed by atoms with E-state index in [0.717, 1.165) is 15.7 Å². The number of nitrogens with one attached hydrogen (secondary N) is 1. The van der Waals surface area contributed by atoms with Crippen molar-refractivity contribution in [1.29, 1.82) is 0 Å². The molecule has 1 atom stereocenters. The summed E-state index contributed by atoms with van der Waals surface area (Å²) in [6.07, 6.45) is 1.75. The van der Waals surface area contributed by atoms with E-state index in [1.165, 1.54) is 0 Å². The lowest BCUT2D eigenvalue weighted by Crippen LogP contribution is -2.31. The molecule has 0 bridgehead atoms. The number of rotatable bonds is 6. The normalized spacial score (nSPS) is 12.6. The van der Waals surface area contributed by atoms with E-state index in [2.05, 4.69) is 26.5 Å². The molecule has 0 aliphatic rings. The number of aromatic nitrogens is 2. The van der Waals surface area contributed by atoms with Crippen LogP contribution in [0.1, 0.15) is 17.3 Å². The Morgan fingerprint density at radius 2 is 2.30 bits per heavy atom. The van der Waals surface area contributed by atoms with Crippen molar-refractivity contribution < 1.29 is 4.74 Å². The molecule has 5 nitrogen and oxygen atoms in total. The maximum Gasteiger partial charge on any atom is 0.0878 e. The Hall–Kier alpha value is -0.920. The standard InChI is InChI=1S/C13H16BrClN4O/c1-20-7-6-19-12(4-5-17-19)13(18-16)9-2-3-11(15)10(14)8-9/h2-5,8,13,18H,6-7,16H2,1H3. The molecule has 20 heavy (non-hydrogen) atoms. The lowest BCUT2D eigenvalue weighted by molar-refractivity contribution is 0.182. The van der Waals surface area contributed by atoms with E-state index in [0.29, 0.717) is 18.2 Å². The Bertz CT molecular complexity index is 575. The molecule has 0 saturated heterocycles. The number of halogens is 2. The second-order valence-electron chi connectivity index (χ2n) is 4.25. The topological polar surface area (TPSA) is 65.1 Å². The van der Waals surface area contributed by atoms with Gasteiger partial charge in [0.2, 0.25) is 0 Å². The Labute approximate surface area is 131 Å². The van der Waals surface area contributed by atoms with Gasteiger partial charge >= 0.3 is 0 Å². The van der Waals surface area contributed by atoms with Gasteiger partial charge in [0, 0.05) is 17.8 Å². The van der Waals surface area contributed by atoms with Crippen LogP contribution in [0, 0.1) is 0 Å². The lowest BCUT2D eigenvalue weighted by Gasteiger charge is -2.18. The van der Waals surface area contributed by atoms with Crippen molar-refractivity contribution in [2.24, 2.45) is 5.84 Å². The fourth-order valence-electron chi connectivity index (χ4n) is 2.00. The number of nitrogens with zero attached hydrogens (tertiary/aromatic N) is 2. The van der Waals surface area contributed by atoms with Crippen molar-refractivity contribution in [2.75, 3.05) is 13.7 Å². The second kappa shape index (κ2) is 7.19. The maximum absolute atomic E-state index is 6.02. The number of hydrogen-bond acceptors (Lipinski definition) is 4. The molecular formula is C13H16BrClN4O. The Morgan fingerprint density at radius 3 is 2.95 bits per heavy atom. The Balaban J connectivity index is 2.32. The van der Waals surface area contributed by atoms with Gasteiger partial charge in [-0.1, -0.05) is 17.7 Å². The van der Waals surface area contributed by atoms with Crippen molar-refractivity contribution in [3.8, 4) is 0 Å². The quantitative estimate of drug-likeness (QED) is 0.614. The van der Waals surface area contributed by atoms with Crippen LogP contribution in [0.2, 0.25) is 5.02 Å². The van der Waals surface area contributed by atoms with Crippen LogP contribution < -0.4 is 11.3 Å². The molecule has 2 rings (SSSR count). The molecule has 1 aromatic heterocycles. The van der Waals surface area contributed by atoms with Gasteiger partial charge in [0.15, 0.2) is 0 Å². The fraction of sp³-hybridized carbons (Fsp3) is 0.308. The second-order valence-corrected chi connectivity index (χ2v) is 5.51. The van der Waals surface area contributed by atoms with Crippen LogP contribution >= 0.6 is 27.5 Å². The molecule has 7 heteroatoms. The Kier molecular flexibility index (Phi) is 5.56. The van der Waals surface area contributed by atoms with Gasteiger partial charge < -0.3 is 4.74 Å². The average Bonchev–Trinajstić information content (AvgIpc) is 2.89. The minimum atomic E-state index is -0.164. The molecule has 2 aromatic rings. The first-order valence-corrected chi connectivity index (χ1v) is 7.26. The summed E-state index contributed by atoms with van der Waals surface area (Å²) in [7, 11) is 1.66. The SMILES string of the molecule is COCCn1nccc1C(NN)c1ccc(Cl)c(Br)c1. The van der Waals surface area contributed by atoms with E-state index in [1.54, 1.807) is 13.3 Å². The molecule has 1 aromatic carbocycles. The molecule has 0 aliphatic carbocycles. The van der Waals surface area contributed by atoms with E-state index in [1.807, 2.05) is 28.9 Å². The van der Waals surface area contributed by atoms with Crippen molar-refractivity contribution in [2.45, 2.75) is 12.6 Å². The maximum atomic E-state index is 6.02. The third kappa shape index (κ3) is 3.39. The lowest BCUT2D eigenvalue weighted by atomic mass is 10.0. The zero-order valence-corrected chi connectivity index (χ0v) is 13.4. The molecule has 0 saturated carbocycles. The van der Waals surface area contributed by atoms with Crippen LogP contribution in [0.4, 0.5) is 0 Å². The van der Waals surface area contributed by atoms with E-state index in [9.17, 15) is 0 Å². The minimum Gasteiger partial charge on any atom is -0.383 e. The highest BCUT2D eigenvalue weighted by molar-refractivity contribution is 9.10. The molecule has 3 N–H and O–H groups in total. The zero-order chi connectivity index (χ0) is 14.5. The number of ether oxygens (including phenoxy) is 1. The molecule has 0 aliphatic heterocycles. The number of hydrogen-bond donors (Lipinski definition) is 2. The molecule has 0 amide bonds. The first-order valence-electron chi connectivity index (χ1n) is 6.09. The number of nitrogens with two attached hydrogens (primary N) is 1. The monoisotopic (exact) mass is 358 g/mol. The molecular weight excluding hydrogens is 344 g/mol. The summed E-state index contributed by atoms with van der Waals surface area (Å²) in [5.41, 5.74) is 4.79. The highest BCUT2D eigenvalue weighted by Gasteiger charge is 2.17. The predicted octanol–water partition coefficient (Wildman–Crippen LogP) is 2.50. The molecule has 1 heterocycles. The van der Waals surface area contributed by atoms with Crippen LogP contribution in [0.3, 0.4) is 0 Å². The van der Waals surface area contributed by atoms with E-state index >= 15 is 0 Å². The van der Waals surface area contributed by atoms with Crippen LogP contribution in [0.15, 0.2) is 34.9 Å². The first kappa shape index (κ1) is 15.5. The molecule has 0 spiro atoms. The van der Waals surface area contributed by atoms with E-state index in [4.69, 9.17) is 22.2 Å². The van der Waals surface area contributed by atoms with Gasteiger partial charge in [-0.3, -0.25) is 10.5 Å². The Morgan fingerprint density at radius 1 is 1.50 bits per heavy atom. The summed E-state index contributed by atoms with van der Waals surface area (Å²) in [6, 6.07) is 7.48. The first-order chi connectivity index (χ1) is 9.67. The summed E-state index contributed by atoms with van der Waals surface area (Å²) in [5, 5.41) is 4.96.